The molecule has 0 saturated carbocycles. The maximum atomic E-state index is 10.9. The minimum Gasteiger partial charge on any atom is -0.485 e. The molecule has 0 aliphatic rings. The molecule has 2 rings (SSSR count). The van der Waals surface area contributed by atoms with Gasteiger partial charge >= 0.3 is 5.69 Å². The van der Waals surface area contributed by atoms with Gasteiger partial charge in [0, 0.05) is 16.7 Å². The van der Waals surface area contributed by atoms with Crippen molar-refractivity contribution < 1.29 is 9.66 Å². The third-order valence-electron chi connectivity index (χ3n) is 2.48. The molecule has 0 spiro atoms. The van der Waals surface area contributed by atoms with Crippen LogP contribution < -0.4 is 4.74 Å². The highest BCUT2D eigenvalue weighted by Gasteiger charge is 2.17. The molecule has 0 unspecified atom stereocenters. The summed E-state index contributed by atoms with van der Waals surface area (Å²) in [5.74, 6) is 1.01. The van der Waals surface area contributed by atoms with Crippen molar-refractivity contribution in [2.75, 3.05) is 12.4 Å². The molecule has 0 bridgehead atoms. The van der Waals surface area contributed by atoms with Gasteiger partial charge in [0.15, 0.2) is 0 Å². The zero-order valence-corrected chi connectivity index (χ0v) is 12.9. The topological polar surface area (TPSA) is 52.4 Å². The molecule has 0 aromatic heterocycles. The Hall–Kier alpha value is -1.53. The molecule has 0 aliphatic carbocycles. The van der Waals surface area contributed by atoms with E-state index in [-0.39, 0.29) is 11.4 Å². The van der Waals surface area contributed by atoms with Crippen LogP contribution in [0.25, 0.3) is 0 Å². The Labute approximate surface area is 129 Å². The molecule has 2 aromatic carbocycles. The molecule has 2 aromatic rings. The summed E-state index contributed by atoms with van der Waals surface area (Å²) in [6, 6.07) is 14.7. The number of hydrogen-bond donors (Lipinski definition) is 0. The first-order chi connectivity index (χ1) is 9.68. The van der Waals surface area contributed by atoms with Crippen molar-refractivity contribution in [3.05, 3.63) is 63.1 Å². The number of halogens is 1. The van der Waals surface area contributed by atoms with E-state index in [2.05, 4.69) is 15.9 Å². The van der Waals surface area contributed by atoms with Gasteiger partial charge in [-0.05, 0) is 34.1 Å². The van der Waals surface area contributed by atoms with Crippen LogP contribution in [0.2, 0.25) is 0 Å². The van der Waals surface area contributed by atoms with Crippen molar-refractivity contribution in [3.63, 3.8) is 0 Å². The highest BCUT2D eigenvalue weighted by Crippen LogP contribution is 2.34. The van der Waals surface area contributed by atoms with Gasteiger partial charge in [-0.15, -0.1) is 11.8 Å². The van der Waals surface area contributed by atoms with Crippen LogP contribution in [0.15, 0.2) is 57.9 Å². The molecule has 0 N–H and O–H groups in total. The molecule has 0 radical (unpaired) electrons. The largest absolute Gasteiger partial charge is 0.485 e. The van der Waals surface area contributed by atoms with Crippen LogP contribution in [0.1, 0.15) is 0 Å². The molecular weight excluding hydrogens is 342 g/mol. The second-order valence-electron chi connectivity index (χ2n) is 3.86. The van der Waals surface area contributed by atoms with Gasteiger partial charge in [0.2, 0.25) is 5.75 Å². The van der Waals surface area contributed by atoms with E-state index in [9.17, 15) is 10.1 Å². The fourth-order valence-corrected chi connectivity index (χ4v) is 2.83. The van der Waals surface area contributed by atoms with Gasteiger partial charge in [-0.1, -0.05) is 24.3 Å². The van der Waals surface area contributed by atoms with Crippen molar-refractivity contribution in [3.8, 4) is 5.75 Å². The third-order valence-corrected chi connectivity index (χ3v) is 4.09. The average Bonchev–Trinajstić information content (AvgIpc) is 2.45. The van der Waals surface area contributed by atoms with E-state index in [4.69, 9.17) is 4.74 Å². The fourth-order valence-electron chi connectivity index (χ4n) is 1.60. The number of benzene rings is 2. The maximum Gasteiger partial charge on any atom is 0.312 e. The Balaban J connectivity index is 1.93. The smallest absolute Gasteiger partial charge is 0.312 e. The fraction of sp³-hybridized carbons (Fsp3) is 0.143. The van der Waals surface area contributed by atoms with E-state index in [0.717, 1.165) is 10.6 Å². The molecule has 104 valence electrons. The second-order valence-corrected chi connectivity index (χ2v) is 5.88. The SMILES string of the molecule is O=[N+]([O-])c1cccc(Br)c1OCCSc1ccccc1. The minimum absolute atomic E-state index is 0.0240. The number of nitro groups is 1. The highest BCUT2D eigenvalue weighted by molar-refractivity contribution is 9.10. The first-order valence-electron chi connectivity index (χ1n) is 5.92. The lowest BCUT2D eigenvalue weighted by molar-refractivity contribution is -0.385. The predicted molar refractivity (Wildman–Crippen MR) is 83.5 cm³/mol. The van der Waals surface area contributed by atoms with Gasteiger partial charge < -0.3 is 4.74 Å². The Morgan fingerprint density at radius 3 is 2.60 bits per heavy atom. The molecule has 20 heavy (non-hydrogen) atoms. The summed E-state index contributed by atoms with van der Waals surface area (Å²) in [6.07, 6.45) is 0. The van der Waals surface area contributed by atoms with Crippen molar-refractivity contribution in [1.82, 2.24) is 0 Å². The normalized spacial score (nSPS) is 10.2. The van der Waals surface area contributed by atoms with Gasteiger partial charge in [0.1, 0.15) is 0 Å². The zero-order valence-electron chi connectivity index (χ0n) is 10.5. The zero-order chi connectivity index (χ0) is 14.4. The standard InChI is InChI=1S/C14H12BrNO3S/c15-12-7-4-8-13(16(17)18)14(12)19-9-10-20-11-5-2-1-3-6-11/h1-8H,9-10H2. The summed E-state index contributed by atoms with van der Waals surface area (Å²) >= 11 is 4.93. The Morgan fingerprint density at radius 1 is 1.15 bits per heavy atom. The van der Waals surface area contributed by atoms with Crippen molar-refractivity contribution in [2.24, 2.45) is 0 Å². The average molecular weight is 354 g/mol. The van der Waals surface area contributed by atoms with Crippen LogP contribution >= 0.6 is 27.7 Å². The van der Waals surface area contributed by atoms with E-state index in [0.29, 0.717) is 11.1 Å². The van der Waals surface area contributed by atoms with Crippen molar-refractivity contribution in [1.29, 1.82) is 0 Å². The van der Waals surface area contributed by atoms with E-state index < -0.39 is 4.92 Å². The second kappa shape index (κ2) is 7.31. The Morgan fingerprint density at radius 2 is 1.90 bits per heavy atom. The molecule has 0 heterocycles. The van der Waals surface area contributed by atoms with Crippen LogP contribution in [0, 0.1) is 10.1 Å². The number of thioether (sulfide) groups is 1. The van der Waals surface area contributed by atoms with E-state index in [1.54, 1.807) is 23.9 Å². The number of nitro benzene ring substituents is 1. The summed E-state index contributed by atoms with van der Waals surface area (Å²) in [7, 11) is 0. The highest BCUT2D eigenvalue weighted by atomic mass is 79.9. The molecule has 6 heteroatoms. The first-order valence-corrected chi connectivity index (χ1v) is 7.70. The number of hydrogen-bond acceptors (Lipinski definition) is 4. The number of ether oxygens (including phenoxy) is 1. The van der Waals surface area contributed by atoms with Gasteiger partial charge in [0.05, 0.1) is 16.0 Å². The van der Waals surface area contributed by atoms with Crippen LogP contribution in [0.3, 0.4) is 0 Å². The summed E-state index contributed by atoms with van der Waals surface area (Å²) in [4.78, 5) is 11.6. The first kappa shape index (κ1) is 14.9. The molecule has 0 atom stereocenters. The van der Waals surface area contributed by atoms with Crippen LogP contribution in [-0.4, -0.2) is 17.3 Å². The number of rotatable bonds is 6. The molecule has 0 aliphatic heterocycles. The van der Waals surface area contributed by atoms with Crippen LogP contribution in [-0.2, 0) is 0 Å². The Bertz CT molecular complexity index is 592. The minimum atomic E-state index is -0.440. The predicted octanol–water partition coefficient (Wildman–Crippen LogP) is 4.53. The van der Waals surface area contributed by atoms with E-state index >= 15 is 0 Å². The van der Waals surface area contributed by atoms with Gasteiger partial charge in [-0.25, -0.2) is 0 Å². The van der Waals surface area contributed by atoms with E-state index in [1.165, 1.54) is 6.07 Å². The van der Waals surface area contributed by atoms with Gasteiger partial charge in [0.25, 0.3) is 0 Å². The molecular formula is C14H12BrNO3S. The van der Waals surface area contributed by atoms with Crippen molar-refractivity contribution >= 4 is 33.4 Å². The molecule has 0 fully saturated rings. The lowest BCUT2D eigenvalue weighted by Gasteiger charge is -2.08. The lowest BCUT2D eigenvalue weighted by atomic mass is 10.3. The molecule has 0 amide bonds. The Kier molecular flexibility index (Phi) is 5.43. The molecule has 0 saturated heterocycles. The third kappa shape index (κ3) is 3.98. The maximum absolute atomic E-state index is 10.9. The summed E-state index contributed by atoms with van der Waals surface area (Å²) in [5, 5.41) is 10.9. The van der Waals surface area contributed by atoms with Crippen molar-refractivity contribution in [2.45, 2.75) is 4.90 Å². The molecule has 4 nitrogen and oxygen atoms in total. The van der Waals surface area contributed by atoms with E-state index in [1.807, 2.05) is 30.3 Å². The van der Waals surface area contributed by atoms with Crippen LogP contribution in [0.4, 0.5) is 5.69 Å². The quantitative estimate of drug-likeness (QED) is 0.331. The van der Waals surface area contributed by atoms with Gasteiger partial charge in [-0.3, -0.25) is 10.1 Å². The number of nitrogens with zero attached hydrogens (tertiary/aromatic N) is 1. The lowest BCUT2D eigenvalue weighted by Crippen LogP contribution is -2.03. The summed E-state index contributed by atoms with van der Waals surface area (Å²) < 4.78 is 6.14. The van der Waals surface area contributed by atoms with Crippen LogP contribution in [0.5, 0.6) is 5.75 Å². The van der Waals surface area contributed by atoms with Gasteiger partial charge in [-0.2, -0.15) is 0 Å². The summed E-state index contributed by atoms with van der Waals surface area (Å²) in [6.45, 7) is 0.406. The monoisotopic (exact) mass is 353 g/mol. The summed E-state index contributed by atoms with van der Waals surface area (Å²) in [5.41, 5.74) is -0.0240. The number of para-hydroxylation sites is 1.